The highest BCUT2D eigenvalue weighted by molar-refractivity contribution is 9.10. The number of hydrogen-bond acceptors (Lipinski definition) is 5. The molecule has 2 aromatic rings. The number of phenols is 2. The van der Waals surface area contributed by atoms with Gasteiger partial charge in [0.05, 0.1) is 12.6 Å². The lowest BCUT2D eigenvalue weighted by Crippen LogP contribution is -2.41. The molecule has 0 radical (unpaired) electrons. The van der Waals surface area contributed by atoms with E-state index >= 15 is 0 Å². The first-order chi connectivity index (χ1) is 9.95. The van der Waals surface area contributed by atoms with Crippen molar-refractivity contribution in [3.63, 3.8) is 0 Å². The number of nitrogens with two attached hydrogens (primary N) is 1. The number of thiophene rings is 1. The zero-order chi connectivity index (χ0) is 15.4. The first-order valence-electron chi connectivity index (χ1n) is 6.23. The highest BCUT2D eigenvalue weighted by Gasteiger charge is 2.15. The minimum atomic E-state index is -0.711. The molecule has 0 aliphatic heterocycles. The Hall–Kier alpha value is -1.57. The number of benzene rings is 1. The first-order valence-corrected chi connectivity index (χ1v) is 7.90. The van der Waals surface area contributed by atoms with Crippen molar-refractivity contribution in [1.29, 1.82) is 0 Å². The van der Waals surface area contributed by atoms with Gasteiger partial charge in [0.1, 0.15) is 0 Å². The van der Waals surface area contributed by atoms with Crippen molar-refractivity contribution in [3.8, 4) is 11.5 Å². The van der Waals surface area contributed by atoms with E-state index in [9.17, 15) is 15.0 Å². The fourth-order valence-electron chi connectivity index (χ4n) is 1.79. The molecule has 0 saturated carbocycles. The average Bonchev–Trinajstić information content (AvgIpc) is 2.86. The number of carbonyl (C=O) groups is 1. The van der Waals surface area contributed by atoms with E-state index in [1.165, 1.54) is 12.1 Å². The quantitative estimate of drug-likeness (QED) is 0.606. The minimum absolute atomic E-state index is 0.194. The minimum Gasteiger partial charge on any atom is -0.504 e. The Balaban J connectivity index is 1.88. The summed E-state index contributed by atoms with van der Waals surface area (Å²) in [7, 11) is 0. The molecule has 2 rings (SSSR count). The topological polar surface area (TPSA) is 95.6 Å². The third kappa shape index (κ3) is 4.45. The maximum atomic E-state index is 11.9. The zero-order valence-corrected chi connectivity index (χ0v) is 13.4. The van der Waals surface area contributed by atoms with E-state index < -0.39 is 6.04 Å². The van der Waals surface area contributed by atoms with E-state index in [0.717, 1.165) is 9.35 Å². The van der Waals surface area contributed by atoms with Gasteiger partial charge in [-0.3, -0.25) is 4.79 Å². The Kier molecular flexibility index (Phi) is 5.22. The largest absolute Gasteiger partial charge is 0.504 e. The Morgan fingerprint density at radius 1 is 1.33 bits per heavy atom. The molecule has 0 unspecified atom stereocenters. The summed E-state index contributed by atoms with van der Waals surface area (Å²) < 4.78 is 0.987. The fraction of sp³-hybridized carbons (Fsp3) is 0.214. The number of hydrogen-bond donors (Lipinski definition) is 4. The molecule has 0 saturated heterocycles. The Bertz CT molecular complexity index is 645. The molecule has 1 atom stereocenters. The van der Waals surface area contributed by atoms with Crippen LogP contribution < -0.4 is 11.1 Å². The molecule has 0 aliphatic rings. The van der Waals surface area contributed by atoms with Crippen LogP contribution in [0, 0.1) is 0 Å². The van der Waals surface area contributed by atoms with Crippen LogP contribution in [0.25, 0.3) is 0 Å². The summed E-state index contributed by atoms with van der Waals surface area (Å²) in [5.41, 5.74) is 6.53. The van der Waals surface area contributed by atoms with Crippen LogP contribution in [0.4, 0.5) is 0 Å². The summed E-state index contributed by atoms with van der Waals surface area (Å²) in [6.07, 6.45) is 0.286. The van der Waals surface area contributed by atoms with Gasteiger partial charge in [-0.05, 0) is 46.1 Å². The summed E-state index contributed by atoms with van der Waals surface area (Å²) in [5, 5.41) is 23.4. The van der Waals surface area contributed by atoms with Gasteiger partial charge in [0.2, 0.25) is 5.91 Å². The van der Waals surface area contributed by atoms with E-state index in [-0.39, 0.29) is 23.8 Å². The molecule has 0 bridgehead atoms. The predicted molar refractivity (Wildman–Crippen MR) is 85.3 cm³/mol. The van der Waals surface area contributed by atoms with Crippen molar-refractivity contribution < 1.29 is 15.0 Å². The van der Waals surface area contributed by atoms with Crippen molar-refractivity contribution in [2.75, 3.05) is 0 Å². The lowest BCUT2D eigenvalue weighted by Gasteiger charge is -2.12. The molecule has 7 heteroatoms. The van der Waals surface area contributed by atoms with Crippen LogP contribution in [0.2, 0.25) is 0 Å². The number of amides is 1. The van der Waals surface area contributed by atoms with Gasteiger partial charge in [-0.15, -0.1) is 11.3 Å². The second-order valence-corrected chi connectivity index (χ2v) is 6.49. The maximum Gasteiger partial charge on any atom is 0.237 e. The van der Waals surface area contributed by atoms with E-state index in [0.29, 0.717) is 12.1 Å². The van der Waals surface area contributed by atoms with E-state index in [2.05, 4.69) is 21.2 Å². The summed E-state index contributed by atoms with van der Waals surface area (Å²) >= 11 is 4.90. The first kappa shape index (κ1) is 15.8. The highest BCUT2D eigenvalue weighted by atomic mass is 79.9. The third-order valence-electron chi connectivity index (χ3n) is 2.89. The van der Waals surface area contributed by atoms with Gasteiger partial charge in [-0.2, -0.15) is 0 Å². The van der Waals surface area contributed by atoms with Gasteiger partial charge in [-0.25, -0.2) is 0 Å². The molecule has 112 valence electrons. The highest BCUT2D eigenvalue weighted by Crippen LogP contribution is 2.25. The van der Waals surface area contributed by atoms with Gasteiger partial charge in [0.25, 0.3) is 0 Å². The van der Waals surface area contributed by atoms with Gasteiger partial charge >= 0.3 is 0 Å². The fourth-order valence-corrected chi connectivity index (χ4v) is 3.19. The van der Waals surface area contributed by atoms with Crippen molar-refractivity contribution in [1.82, 2.24) is 5.32 Å². The zero-order valence-electron chi connectivity index (χ0n) is 11.0. The molecular formula is C14H15BrN2O3S. The second-order valence-electron chi connectivity index (χ2n) is 4.58. The van der Waals surface area contributed by atoms with E-state index in [1.54, 1.807) is 17.4 Å². The normalized spacial score (nSPS) is 12.1. The van der Waals surface area contributed by atoms with Crippen LogP contribution in [0.3, 0.4) is 0 Å². The third-order valence-corrected chi connectivity index (χ3v) is 4.59. The number of phenolic OH excluding ortho intramolecular Hbond substituents is 2. The number of aromatic hydroxyl groups is 2. The lowest BCUT2D eigenvalue weighted by atomic mass is 10.1. The van der Waals surface area contributed by atoms with Crippen LogP contribution in [0.5, 0.6) is 11.5 Å². The molecule has 0 aliphatic carbocycles. The standard InChI is InChI=1S/C14H15BrN2O3S/c15-9-5-10(21-7-9)6-17-14(20)11(16)3-8-1-2-12(18)13(19)4-8/h1-2,4-5,7,11,18-19H,3,6,16H2,(H,17,20)/t11-/m0/s1. The average molecular weight is 371 g/mol. The smallest absolute Gasteiger partial charge is 0.237 e. The van der Waals surface area contributed by atoms with Crippen LogP contribution in [0.15, 0.2) is 34.1 Å². The summed E-state index contributed by atoms with van der Waals surface area (Å²) in [6.45, 7) is 0.434. The van der Waals surface area contributed by atoms with Crippen LogP contribution in [-0.4, -0.2) is 22.2 Å². The Morgan fingerprint density at radius 3 is 2.71 bits per heavy atom. The Morgan fingerprint density at radius 2 is 2.10 bits per heavy atom. The van der Waals surface area contributed by atoms with Crippen LogP contribution in [0.1, 0.15) is 10.4 Å². The number of carbonyl (C=O) groups excluding carboxylic acids is 1. The molecular weight excluding hydrogens is 356 g/mol. The molecule has 5 nitrogen and oxygen atoms in total. The summed E-state index contributed by atoms with van der Waals surface area (Å²) in [5.74, 6) is -0.671. The molecule has 1 amide bonds. The Labute approximate surface area is 134 Å². The SMILES string of the molecule is N[C@@H](Cc1ccc(O)c(O)c1)C(=O)NCc1cc(Br)cs1. The van der Waals surface area contributed by atoms with Gasteiger partial charge in [0, 0.05) is 14.7 Å². The van der Waals surface area contributed by atoms with Crippen molar-refractivity contribution in [3.05, 3.63) is 44.6 Å². The summed E-state index contributed by atoms with van der Waals surface area (Å²) in [6, 6.07) is 5.63. The summed E-state index contributed by atoms with van der Waals surface area (Å²) in [4.78, 5) is 13.0. The van der Waals surface area contributed by atoms with Gasteiger partial charge < -0.3 is 21.3 Å². The lowest BCUT2D eigenvalue weighted by molar-refractivity contribution is -0.122. The number of halogens is 1. The van der Waals surface area contributed by atoms with Crippen molar-refractivity contribution in [2.24, 2.45) is 5.73 Å². The van der Waals surface area contributed by atoms with Crippen LogP contribution >= 0.6 is 27.3 Å². The maximum absolute atomic E-state index is 11.9. The van der Waals surface area contributed by atoms with Crippen molar-refractivity contribution >= 4 is 33.2 Å². The monoisotopic (exact) mass is 370 g/mol. The predicted octanol–water partition coefficient (Wildman–Crippen LogP) is 2.11. The van der Waals surface area contributed by atoms with Crippen molar-refractivity contribution in [2.45, 2.75) is 19.0 Å². The van der Waals surface area contributed by atoms with E-state index in [1.807, 2.05) is 11.4 Å². The molecule has 1 heterocycles. The van der Waals surface area contributed by atoms with Crippen LogP contribution in [-0.2, 0) is 17.8 Å². The molecule has 1 aromatic heterocycles. The molecule has 21 heavy (non-hydrogen) atoms. The van der Waals surface area contributed by atoms with Gasteiger partial charge in [0.15, 0.2) is 11.5 Å². The van der Waals surface area contributed by atoms with Gasteiger partial charge in [-0.1, -0.05) is 6.07 Å². The second kappa shape index (κ2) is 6.93. The van der Waals surface area contributed by atoms with E-state index in [4.69, 9.17) is 5.73 Å². The molecule has 0 fully saturated rings. The number of rotatable bonds is 5. The molecule has 0 spiro atoms. The molecule has 1 aromatic carbocycles. The molecule has 5 N–H and O–H groups in total. The number of nitrogens with one attached hydrogen (secondary N) is 1.